The Balaban J connectivity index is 2.14. The lowest BCUT2D eigenvalue weighted by Crippen LogP contribution is -2.61. The Bertz CT molecular complexity index is 1370. The number of rotatable bonds is 17. The first-order valence-corrected chi connectivity index (χ1v) is 23.7. The molecule has 0 amide bonds. The fourth-order valence-electron chi connectivity index (χ4n) is 10.0. The molecule has 0 aromatic heterocycles. The van der Waals surface area contributed by atoms with Crippen molar-refractivity contribution in [1.82, 2.24) is 4.90 Å². The Morgan fingerprint density at radius 1 is 0.823 bits per heavy atom. The number of nitrogens with zero attached hydrogens (tertiary/aromatic N) is 2. The van der Waals surface area contributed by atoms with E-state index in [2.05, 4.69) is 12.1 Å². The average molecular weight is 889 g/mol. The third-order valence-electron chi connectivity index (χ3n) is 14.1. The molecule has 0 aliphatic carbocycles. The summed E-state index contributed by atoms with van der Waals surface area (Å²) in [6.45, 7) is 19.9. The fraction of sp³-hybridized carbons (Fsp3) is 0.957. The molecule has 62 heavy (non-hydrogen) atoms. The second-order valence-corrected chi connectivity index (χ2v) is 19.9. The summed E-state index contributed by atoms with van der Waals surface area (Å²) in [5.41, 5.74) is -4.27. The van der Waals surface area contributed by atoms with Crippen molar-refractivity contribution in [3.8, 4) is 0 Å². The Labute approximate surface area is 373 Å². The largest absolute Gasteiger partial charge is 0.459 e. The van der Waals surface area contributed by atoms with Crippen molar-refractivity contribution >= 4 is 11.7 Å². The van der Waals surface area contributed by atoms with E-state index in [9.17, 15) is 30.3 Å². The van der Waals surface area contributed by atoms with Crippen LogP contribution in [0.1, 0.15) is 153 Å². The van der Waals surface area contributed by atoms with Gasteiger partial charge in [0, 0.05) is 37.3 Å². The van der Waals surface area contributed by atoms with E-state index in [1.165, 1.54) is 46.1 Å². The maximum Gasteiger partial charge on any atom is 0.311 e. The first kappa shape index (κ1) is 54.8. The van der Waals surface area contributed by atoms with Gasteiger partial charge in [0.1, 0.15) is 30.5 Å². The number of unbranched alkanes of at least 4 members (excludes halogenated alkanes) is 7. The summed E-state index contributed by atoms with van der Waals surface area (Å²) in [6.07, 6.45) is -0.0857. The minimum Gasteiger partial charge on any atom is -0.459 e. The molecule has 0 aromatic carbocycles. The van der Waals surface area contributed by atoms with Gasteiger partial charge in [0.05, 0.1) is 53.4 Å². The lowest BCUT2D eigenvalue weighted by Gasteiger charge is -2.49. The predicted molar refractivity (Wildman–Crippen MR) is 237 cm³/mol. The number of aliphatic hydroxyl groups excluding tert-OH is 3. The highest BCUT2D eigenvalue weighted by atomic mass is 16.7. The van der Waals surface area contributed by atoms with Crippen LogP contribution in [0.2, 0.25) is 0 Å². The highest BCUT2D eigenvalue weighted by molar-refractivity contribution is 5.88. The number of ether oxygens (including phenoxy) is 6. The molecule has 3 rings (SSSR count). The third-order valence-corrected chi connectivity index (χ3v) is 14.1. The third kappa shape index (κ3) is 14.0. The lowest BCUT2D eigenvalue weighted by molar-refractivity contribution is -0.317. The number of esters is 1. The van der Waals surface area contributed by atoms with Gasteiger partial charge >= 0.3 is 5.97 Å². The van der Waals surface area contributed by atoms with Crippen LogP contribution in [-0.2, 0) is 38.1 Å². The van der Waals surface area contributed by atoms with Crippen LogP contribution >= 0.6 is 0 Å². The summed E-state index contributed by atoms with van der Waals surface area (Å²) in [5, 5.41) is 64.3. The number of hydrogen-bond donors (Lipinski definition) is 5. The SMILES string of the molecule is CCCCCCCCCCO/N=C1\[C@H](C)C[C@@](C)(O)[C@H](O[C@@H]2O[C@H](C)C[C@H](N(C)C)[C@H]2O)[C@@H](C)[C@H](O[C@H]2C[C@@](C)(OC)[C@@H](O)[C@H](C)O2)[C@@H](C)C(=O)O[C@H](CC)[C@@](C)(O)[C@H](O)[C@H]1C. The fourth-order valence-corrected chi connectivity index (χ4v) is 10.0. The number of aliphatic hydroxyl groups is 5. The number of cyclic esters (lactones) is 1. The Morgan fingerprint density at radius 2 is 1.44 bits per heavy atom. The van der Waals surface area contributed by atoms with E-state index in [-0.39, 0.29) is 31.4 Å². The second-order valence-electron chi connectivity index (χ2n) is 19.9. The monoisotopic (exact) mass is 889 g/mol. The van der Waals surface area contributed by atoms with Gasteiger partial charge in [-0.25, -0.2) is 0 Å². The van der Waals surface area contributed by atoms with Gasteiger partial charge in [-0.05, 0) is 87.7 Å². The molecular formula is C47H88N2O13. The molecule has 0 spiro atoms. The van der Waals surface area contributed by atoms with Crippen molar-refractivity contribution in [2.75, 3.05) is 27.8 Å². The lowest BCUT2D eigenvalue weighted by atomic mass is 9.73. The van der Waals surface area contributed by atoms with Gasteiger partial charge < -0.3 is 63.7 Å². The number of carbonyl (C=O) groups is 1. The van der Waals surface area contributed by atoms with E-state index in [0.29, 0.717) is 18.7 Å². The van der Waals surface area contributed by atoms with E-state index < -0.39 is 102 Å². The van der Waals surface area contributed by atoms with Crippen LogP contribution in [0, 0.1) is 23.7 Å². The summed E-state index contributed by atoms with van der Waals surface area (Å²) in [4.78, 5) is 22.3. The van der Waals surface area contributed by atoms with Crippen LogP contribution in [0.5, 0.6) is 0 Å². The summed E-state index contributed by atoms with van der Waals surface area (Å²) in [7, 11) is 5.27. The quantitative estimate of drug-likeness (QED) is 0.0674. The number of likely N-dealkylation sites (N-methyl/N-ethyl adjacent to an activating group) is 1. The van der Waals surface area contributed by atoms with Crippen LogP contribution in [0.3, 0.4) is 0 Å². The molecule has 3 fully saturated rings. The van der Waals surface area contributed by atoms with E-state index >= 15 is 0 Å². The van der Waals surface area contributed by atoms with Crippen molar-refractivity contribution in [3.63, 3.8) is 0 Å². The molecule has 0 aromatic rings. The van der Waals surface area contributed by atoms with Gasteiger partial charge in [0.25, 0.3) is 0 Å². The zero-order chi connectivity index (χ0) is 46.7. The highest BCUT2D eigenvalue weighted by Crippen LogP contribution is 2.41. The minimum absolute atomic E-state index is 0.0320. The standard InChI is InChI=1S/C47H88N2O13/c1-15-17-18-19-20-21-22-23-24-57-48-37-28(3)26-45(9,54)42(62-44-38(50)34(49(12)13)25-29(4)58-44)31(6)39(61-36-27-46(10,56-14)41(52)33(8)59-36)32(7)43(53)60-35(16-2)47(11,55)40(51)30(37)5/h28-36,38-42,44,50-52,54-55H,15-27H2,1-14H3/b48-37+/t28-,29-,30+,31+,32-,33+,34+,35-,36+,38-,39+,40-,41+,42-,44+,45-,46-,47-/m1/s1. The molecule has 15 nitrogen and oxygen atoms in total. The zero-order valence-corrected chi connectivity index (χ0v) is 40.7. The smallest absolute Gasteiger partial charge is 0.311 e. The summed E-state index contributed by atoms with van der Waals surface area (Å²) in [6, 6.07) is -0.310. The minimum atomic E-state index is -1.92. The number of carbonyl (C=O) groups excluding carboxylic acids is 1. The average Bonchev–Trinajstić information content (AvgIpc) is 3.21. The van der Waals surface area contributed by atoms with Gasteiger partial charge in [-0.3, -0.25) is 4.79 Å². The molecule has 0 unspecified atom stereocenters. The number of oxime groups is 1. The van der Waals surface area contributed by atoms with Crippen LogP contribution in [0.4, 0.5) is 0 Å². The Hall–Kier alpha value is -1.50. The number of hydrogen-bond acceptors (Lipinski definition) is 15. The molecule has 0 saturated carbocycles. The molecule has 3 aliphatic heterocycles. The molecule has 18 atom stereocenters. The van der Waals surface area contributed by atoms with Crippen molar-refractivity contribution in [2.45, 2.75) is 237 Å². The topological polar surface area (TPSA) is 198 Å². The molecular weight excluding hydrogens is 801 g/mol. The molecule has 3 heterocycles. The second kappa shape index (κ2) is 24.3. The van der Waals surface area contributed by atoms with E-state index in [1.807, 2.05) is 39.8 Å². The van der Waals surface area contributed by atoms with Crippen LogP contribution in [0.15, 0.2) is 5.16 Å². The first-order chi connectivity index (χ1) is 29.0. The summed E-state index contributed by atoms with van der Waals surface area (Å²) < 4.78 is 37.9. The molecule has 0 bridgehead atoms. The zero-order valence-electron chi connectivity index (χ0n) is 40.7. The van der Waals surface area contributed by atoms with Crippen molar-refractivity contribution < 1.29 is 63.6 Å². The molecule has 15 heteroatoms. The van der Waals surface area contributed by atoms with Gasteiger partial charge in [0.2, 0.25) is 0 Å². The molecule has 5 N–H and O–H groups in total. The van der Waals surface area contributed by atoms with Gasteiger partial charge in [0.15, 0.2) is 12.6 Å². The maximum atomic E-state index is 14.4. The summed E-state index contributed by atoms with van der Waals surface area (Å²) in [5.74, 6) is -3.90. The predicted octanol–water partition coefficient (Wildman–Crippen LogP) is 5.73. The van der Waals surface area contributed by atoms with Gasteiger partial charge in [-0.1, -0.05) is 78.3 Å². The van der Waals surface area contributed by atoms with E-state index in [1.54, 1.807) is 41.5 Å². The van der Waals surface area contributed by atoms with Crippen molar-refractivity contribution in [2.24, 2.45) is 28.8 Å². The van der Waals surface area contributed by atoms with Crippen LogP contribution < -0.4 is 0 Å². The van der Waals surface area contributed by atoms with Crippen LogP contribution in [-0.4, -0.2) is 154 Å². The molecule has 3 saturated heterocycles. The van der Waals surface area contributed by atoms with Gasteiger partial charge in [-0.15, -0.1) is 0 Å². The normalized spacial score (nSPS) is 43.6. The van der Waals surface area contributed by atoms with Crippen molar-refractivity contribution in [3.05, 3.63) is 0 Å². The van der Waals surface area contributed by atoms with E-state index in [0.717, 1.165) is 19.3 Å². The highest BCUT2D eigenvalue weighted by Gasteiger charge is 2.53. The van der Waals surface area contributed by atoms with Crippen LogP contribution in [0.25, 0.3) is 0 Å². The Kier molecular flexibility index (Phi) is 21.5. The number of methoxy groups -OCH3 is 1. The Morgan fingerprint density at radius 3 is 2.02 bits per heavy atom. The van der Waals surface area contributed by atoms with E-state index in [4.69, 9.17) is 33.3 Å². The molecule has 3 aliphatic rings. The molecule has 0 radical (unpaired) electrons. The summed E-state index contributed by atoms with van der Waals surface area (Å²) >= 11 is 0. The maximum absolute atomic E-state index is 14.4. The first-order valence-electron chi connectivity index (χ1n) is 23.7. The van der Waals surface area contributed by atoms with Crippen molar-refractivity contribution in [1.29, 1.82) is 0 Å². The molecule has 364 valence electrons. The van der Waals surface area contributed by atoms with Gasteiger partial charge in [-0.2, -0.15) is 0 Å².